The summed E-state index contributed by atoms with van der Waals surface area (Å²) in [5.74, 6) is 0.839. The number of hydrogen-bond donors (Lipinski definition) is 2. The zero-order valence-corrected chi connectivity index (χ0v) is 18.6. The molecule has 1 unspecified atom stereocenters. The summed E-state index contributed by atoms with van der Waals surface area (Å²) >= 11 is 0. The highest BCUT2D eigenvalue weighted by Crippen LogP contribution is 2.34. The number of methoxy groups -OCH3 is 1. The van der Waals surface area contributed by atoms with Crippen LogP contribution in [0.15, 0.2) is 65.6 Å². The van der Waals surface area contributed by atoms with Crippen LogP contribution in [0, 0.1) is 5.92 Å². The monoisotopic (exact) mass is 441 g/mol. The van der Waals surface area contributed by atoms with Crippen LogP contribution >= 0.6 is 0 Å². The second-order valence-electron chi connectivity index (χ2n) is 7.57. The molecule has 8 nitrogen and oxygen atoms in total. The number of primary amides is 1. The number of nitrogens with two attached hydrogens (primary N) is 1. The molecule has 1 heterocycles. The number of hydrogen-bond acceptors (Lipinski definition) is 6. The summed E-state index contributed by atoms with van der Waals surface area (Å²) in [6.45, 7) is 3.73. The van der Waals surface area contributed by atoms with E-state index in [2.05, 4.69) is 5.32 Å². The molecule has 0 fully saturated rings. The number of rotatable bonds is 12. The lowest BCUT2D eigenvalue weighted by Crippen LogP contribution is -2.48. The Morgan fingerprint density at radius 3 is 2.78 bits per heavy atom. The molecule has 0 saturated carbocycles. The number of carbonyl (C=O) groups is 2. The topological polar surface area (TPSA) is 103 Å². The highest BCUT2D eigenvalue weighted by molar-refractivity contribution is 5.96. The standard InChI is InChI=1S/C24H31N3O5/c1-3-31-12-11-27-22-14-20(32-19-7-5-4-6-8-19)10-9-17(22)13-18(24(27)29)15-26-21(16-30-2)23(25)28/h4-8,10,13-14,17,21,26H,3,9,11-12,15-16H2,1-2H3,(H2,25,28)/t17?,21-/m0/s1. The summed E-state index contributed by atoms with van der Waals surface area (Å²) in [7, 11) is 1.50. The average Bonchev–Trinajstić information content (AvgIpc) is 2.79. The Morgan fingerprint density at radius 1 is 1.31 bits per heavy atom. The van der Waals surface area contributed by atoms with Gasteiger partial charge in [0.2, 0.25) is 5.91 Å². The van der Waals surface area contributed by atoms with Crippen molar-refractivity contribution in [1.29, 1.82) is 0 Å². The van der Waals surface area contributed by atoms with Gasteiger partial charge in [0.1, 0.15) is 17.6 Å². The van der Waals surface area contributed by atoms with Gasteiger partial charge >= 0.3 is 0 Å². The number of nitrogens with one attached hydrogen (secondary N) is 1. The summed E-state index contributed by atoms with van der Waals surface area (Å²) in [4.78, 5) is 26.7. The molecule has 2 aliphatic rings. The highest BCUT2D eigenvalue weighted by atomic mass is 16.5. The van der Waals surface area contributed by atoms with Gasteiger partial charge in [-0.15, -0.1) is 0 Å². The summed E-state index contributed by atoms with van der Waals surface area (Å²) in [6, 6.07) is 8.88. The maximum absolute atomic E-state index is 13.3. The van der Waals surface area contributed by atoms with Gasteiger partial charge in [0.15, 0.2) is 0 Å². The van der Waals surface area contributed by atoms with E-state index in [0.717, 1.165) is 11.4 Å². The SMILES string of the molecule is CCOCCN1C(=O)C(CN[C@@H](COC)C(N)=O)=CC2CC=C(Oc3ccccc3)C=C21. The summed E-state index contributed by atoms with van der Waals surface area (Å²) in [5.41, 5.74) is 6.90. The molecule has 1 aromatic rings. The van der Waals surface area contributed by atoms with Crippen molar-refractivity contribution < 1.29 is 23.8 Å². The van der Waals surface area contributed by atoms with Crippen LogP contribution < -0.4 is 15.8 Å². The first-order valence-corrected chi connectivity index (χ1v) is 10.8. The molecule has 0 aromatic heterocycles. The first-order valence-electron chi connectivity index (χ1n) is 10.8. The molecule has 2 atom stereocenters. The molecule has 172 valence electrons. The zero-order valence-electron chi connectivity index (χ0n) is 18.6. The average molecular weight is 442 g/mol. The van der Waals surface area contributed by atoms with E-state index in [1.54, 1.807) is 4.90 Å². The van der Waals surface area contributed by atoms with Crippen LogP contribution in [0.1, 0.15) is 13.3 Å². The van der Waals surface area contributed by atoms with E-state index in [9.17, 15) is 9.59 Å². The second kappa shape index (κ2) is 11.6. The molecule has 0 spiro atoms. The van der Waals surface area contributed by atoms with Gasteiger partial charge in [0.25, 0.3) is 5.91 Å². The van der Waals surface area contributed by atoms with Gasteiger partial charge in [0.05, 0.1) is 13.2 Å². The molecular weight excluding hydrogens is 410 g/mol. The fourth-order valence-electron chi connectivity index (χ4n) is 3.71. The third-order valence-electron chi connectivity index (χ3n) is 5.33. The molecule has 1 aliphatic heterocycles. The maximum Gasteiger partial charge on any atom is 0.255 e. The second-order valence-corrected chi connectivity index (χ2v) is 7.57. The Balaban J connectivity index is 1.79. The van der Waals surface area contributed by atoms with Crippen LogP contribution in [0.2, 0.25) is 0 Å². The van der Waals surface area contributed by atoms with E-state index in [4.69, 9.17) is 19.9 Å². The first kappa shape index (κ1) is 23.7. The fourth-order valence-corrected chi connectivity index (χ4v) is 3.71. The van der Waals surface area contributed by atoms with Crippen LogP contribution in [0.4, 0.5) is 0 Å². The Bertz CT molecular complexity index is 894. The summed E-state index contributed by atoms with van der Waals surface area (Å²) in [5, 5.41) is 3.04. The molecule has 0 saturated heterocycles. The van der Waals surface area contributed by atoms with Gasteiger partial charge in [-0.2, -0.15) is 0 Å². The minimum Gasteiger partial charge on any atom is -0.458 e. The van der Waals surface area contributed by atoms with Crippen LogP contribution in [-0.4, -0.2) is 62.8 Å². The Morgan fingerprint density at radius 2 is 2.09 bits per heavy atom. The normalized spacial score (nSPS) is 18.9. The number of benzene rings is 1. The minimum absolute atomic E-state index is 0.0312. The van der Waals surface area contributed by atoms with Crippen molar-refractivity contribution >= 4 is 11.8 Å². The molecule has 8 heteroatoms. The number of allylic oxidation sites excluding steroid dienone is 3. The van der Waals surface area contributed by atoms with Gasteiger partial charge in [-0.25, -0.2) is 0 Å². The van der Waals surface area contributed by atoms with Gasteiger partial charge in [-0.05, 0) is 31.6 Å². The first-order chi connectivity index (χ1) is 15.5. The van der Waals surface area contributed by atoms with Crippen molar-refractivity contribution in [1.82, 2.24) is 10.2 Å². The number of carbonyl (C=O) groups excluding carboxylic acids is 2. The van der Waals surface area contributed by atoms with E-state index >= 15 is 0 Å². The van der Waals surface area contributed by atoms with E-state index in [0.29, 0.717) is 37.5 Å². The number of ether oxygens (including phenoxy) is 3. The van der Waals surface area contributed by atoms with E-state index < -0.39 is 11.9 Å². The molecule has 0 bridgehead atoms. The van der Waals surface area contributed by atoms with Crippen molar-refractivity contribution in [2.45, 2.75) is 19.4 Å². The molecule has 32 heavy (non-hydrogen) atoms. The third kappa shape index (κ3) is 6.06. The van der Waals surface area contributed by atoms with Crippen LogP contribution in [-0.2, 0) is 19.1 Å². The molecule has 1 aliphatic carbocycles. The predicted molar refractivity (Wildman–Crippen MR) is 120 cm³/mol. The Hall–Kier alpha value is -2.94. The number of fused-ring (bicyclic) bond motifs is 1. The van der Waals surface area contributed by atoms with Crippen molar-refractivity contribution in [2.24, 2.45) is 11.7 Å². The lowest BCUT2D eigenvalue weighted by Gasteiger charge is -2.36. The Kier molecular flexibility index (Phi) is 8.61. The number of amides is 2. The zero-order chi connectivity index (χ0) is 22.9. The maximum atomic E-state index is 13.3. The highest BCUT2D eigenvalue weighted by Gasteiger charge is 2.33. The smallest absolute Gasteiger partial charge is 0.255 e. The summed E-state index contributed by atoms with van der Waals surface area (Å²) < 4.78 is 16.5. The predicted octanol–water partition coefficient (Wildman–Crippen LogP) is 1.75. The van der Waals surface area contributed by atoms with Crippen molar-refractivity contribution in [2.75, 3.05) is 40.0 Å². The van der Waals surface area contributed by atoms with E-state index in [1.807, 2.05) is 55.5 Å². The molecule has 0 radical (unpaired) electrons. The lowest BCUT2D eigenvalue weighted by molar-refractivity contribution is -0.127. The van der Waals surface area contributed by atoms with Crippen molar-refractivity contribution in [3.8, 4) is 5.75 Å². The number of para-hydroxylation sites is 1. The molecule has 3 N–H and O–H groups in total. The largest absolute Gasteiger partial charge is 0.458 e. The van der Waals surface area contributed by atoms with Crippen LogP contribution in [0.25, 0.3) is 0 Å². The summed E-state index contributed by atoms with van der Waals surface area (Å²) in [6.07, 6.45) is 6.60. The van der Waals surface area contributed by atoms with Gasteiger partial charge in [-0.3, -0.25) is 14.9 Å². The van der Waals surface area contributed by atoms with E-state index in [-0.39, 0.29) is 25.0 Å². The van der Waals surface area contributed by atoms with Crippen molar-refractivity contribution in [3.63, 3.8) is 0 Å². The molecule has 1 aromatic carbocycles. The van der Waals surface area contributed by atoms with Crippen molar-refractivity contribution in [3.05, 3.63) is 65.6 Å². The molecule has 3 rings (SSSR count). The molecule has 2 amide bonds. The van der Waals surface area contributed by atoms with Crippen LogP contribution in [0.5, 0.6) is 5.75 Å². The number of nitrogens with zero attached hydrogens (tertiary/aromatic N) is 1. The third-order valence-corrected chi connectivity index (χ3v) is 5.33. The lowest BCUT2D eigenvalue weighted by atomic mass is 9.88. The van der Waals surface area contributed by atoms with E-state index in [1.165, 1.54) is 7.11 Å². The molecular formula is C24H31N3O5. The van der Waals surface area contributed by atoms with Crippen LogP contribution in [0.3, 0.4) is 0 Å². The minimum atomic E-state index is -0.667. The quantitative estimate of drug-likeness (QED) is 0.479. The van der Waals surface area contributed by atoms with Gasteiger partial charge < -0.3 is 24.8 Å². The van der Waals surface area contributed by atoms with Gasteiger partial charge in [-0.1, -0.05) is 24.3 Å². The Labute approximate surface area is 188 Å². The fraction of sp³-hybridized carbons (Fsp3) is 0.417. The van der Waals surface area contributed by atoms with Gasteiger partial charge in [0, 0.05) is 50.1 Å².